The van der Waals surface area contributed by atoms with Gasteiger partial charge in [-0.2, -0.15) is 9.36 Å². The molecule has 3 nitrogen and oxygen atoms in total. The zero-order chi connectivity index (χ0) is 9.68. The number of H-pyrrole nitrogens is 1. The molecule has 0 fully saturated rings. The number of rotatable bonds is 4. The Balaban J connectivity index is 0.00000169. The Morgan fingerprint density at radius 1 is 1.36 bits per heavy atom. The van der Waals surface area contributed by atoms with Gasteiger partial charge in [0.25, 0.3) is 0 Å². The molecule has 0 aromatic carbocycles. The third-order valence-corrected chi connectivity index (χ3v) is 2.03. The third kappa shape index (κ3) is 3.14. The van der Waals surface area contributed by atoms with Crippen LogP contribution in [0.3, 0.4) is 0 Å². The smallest absolute Gasteiger partial charge is 0.495 e. The SMILES string of the molecule is CCCc1cc[nH]c(=O)[n+]1CCC.[Cl-]. The Morgan fingerprint density at radius 3 is 2.64 bits per heavy atom. The Morgan fingerprint density at radius 2 is 2.07 bits per heavy atom. The minimum absolute atomic E-state index is 0. The van der Waals surface area contributed by atoms with E-state index in [4.69, 9.17) is 0 Å². The molecule has 4 heteroatoms. The van der Waals surface area contributed by atoms with E-state index in [1.807, 2.05) is 10.6 Å². The van der Waals surface area contributed by atoms with E-state index in [0.717, 1.165) is 31.5 Å². The molecule has 1 N–H and O–H groups in total. The van der Waals surface area contributed by atoms with Crippen LogP contribution < -0.4 is 22.7 Å². The Bertz CT molecular complexity index is 322. The van der Waals surface area contributed by atoms with Gasteiger partial charge >= 0.3 is 5.69 Å². The molecule has 0 spiro atoms. The van der Waals surface area contributed by atoms with Crippen LogP contribution in [-0.2, 0) is 13.0 Å². The molecule has 0 saturated heterocycles. The number of nitrogens with one attached hydrogen (secondary N) is 1. The zero-order valence-electron chi connectivity index (χ0n) is 8.72. The summed E-state index contributed by atoms with van der Waals surface area (Å²) < 4.78 is 1.82. The summed E-state index contributed by atoms with van der Waals surface area (Å²) in [6, 6.07) is 1.99. The van der Waals surface area contributed by atoms with Crippen molar-refractivity contribution in [2.75, 3.05) is 0 Å². The second-order valence-electron chi connectivity index (χ2n) is 3.18. The second kappa shape index (κ2) is 6.60. The van der Waals surface area contributed by atoms with Crippen molar-refractivity contribution in [3.8, 4) is 0 Å². The van der Waals surface area contributed by atoms with Crippen molar-refractivity contribution < 1.29 is 17.0 Å². The van der Waals surface area contributed by atoms with Crippen molar-refractivity contribution in [3.63, 3.8) is 0 Å². The van der Waals surface area contributed by atoms with Gasteiger partial charge < -0.3 is 12.4 Å². The molecule has 0 aliphatic carbocycles. The monoisotopic (exact) mass is 216 g/mol. The molecule has 0 amide bonds. The van der Waals surface area contributed by atoms with Crippen molar-refractivity contribution >= 4 is 0 Å². The highest BCUT2D eigenvalue weighted by Crippen LogP contribution is 1.93. The summed E-state index contributed by atoms with van der Waals surface area (Å²) in [5.74, 6) is 0. The molecule has 0 bridgehead atoms. The average Bonchev–Trinajstić information content (AvgIpc) is 2.11. The van der Waals surface area contributed by atoms with Crippen molar-refractivity contribution in [2.24, 2.45) is 0 Å². The highest BCUT2D eigenvalue weighted by molar-refractivity contribution is 4.91. The first-order valence-electron chi connectivity index (χ1n) is 4.90. The van der Waals surface area contributed by atoms with Crippen molar-refractivity contribution in [1.29, 1.82) is 0 Å². The summed E-state index contributed by atoms with van der Waals surface area (Å²) in [6.45, 7) is 5.01. The maximum atomic E-state index is 11.4. The third-order valence-electron chi connectivity index (χ3n) is 2.03. The lowest BCUT2D eigenvalue weighted by Crippen LogP contribution is -3.00. The number of halogens is 1. The lowest BCUT2D eigenvalue weighted by molar-refractivity contribution is -0.720. The van der Waals surface area contributed by atoms with Gasteiger partial charge in [0, 0.05) is 12.5 Å². The average molecular weight is 217 g/mol. The van der Waals surface area contributed by atoms with E-state index >= 15 is 0 Å². The molecule has 0 saturated carbocycles. The summed E-state index contributed by atoms with van der Waals surface area (Å²) >= 11 is 0. The first-order valence-corrected chi connectivity index (χ1v) is 4.90. The van der Waals surface area contributed by atoms with Crippen LogP contribution in [0.25, 0.3) is 0 Å². The van der Waals surface area contributed by atoms with E-state index in [9.17, 15) is 4.79 Å². The predicted octanol–water partition coefficient (Wildman–Crippen LogP) is -1.97. The van der Waals surface area contributed by atoms with Crippen molar-refractivity contribution in [1.82, 2.24) is 4.98 Å². The summed E-state index contributed by atoms with van der Waals surface area (Å²) in [4.78, 5) is 14.1. The number of hydrogen-bond donors (Lipinski definition) is 1. The molecule has 1 aromatic rings. The topological polar surface area (TPSA) is 36.7 Å². The van der Waals surface area contributed by atoms with Gasteiger partial charge in [-0.1, -0.05) is 13.8 Å². The van der Waals surface area contributed by atoms with E-state index < -0.39 is 0 Å². The number of aromatic nitrogens is 2. The van der Waals surface area contributed by atoms with Crippen molar-refractivity contribution in [2.45, 2.75) is 39.7 Å². The minimum atomic E-state index is 0. The van der Waals surface area contributed by atoms with Gasteiger partial charge in [-0.15, -0.1) is 0 Å². The van der Waals surface area contributed by atoms with E-state index in [-0.39, 0.29) is 18.1 Å². The first-order chi connectivity index (χ1) is 6.29. The standard InChI is InChI=1S/C10H16N2O.ClH/c1-3-5-9-6-7-11-10(13)12(9)8-4-2;/h6-7H,3-5,8H2,1-2H3;1H. The fraction of sp³-hybridized carbons (Fsp3) is 0.600. The fourth-order valence-corrected chi connectivity index (χ4v) is 1.45. The van der Waals surface area contributed by atoms with Crippen LogP contribution >= 0.6 is 0 Å². The summed E-state index contributed by atoms with van der Waals surface area (Å²) in [5.41, 5.74) is 1.14. The number of aryl methyl sites for hydroxylation is 1. The normalized spacial score (nSPS) is 9.57. The molecule has 0 unspecified atom stereocenters. The number of aromatic amines is 1. The Labute approximate surface area is 90.6 Å². The van der Waals surface area contributed by atoms with Crippen molar-refractivity contribution in [3.05, 3.63) is 28.4 Å². The van der Waals surface area contributed by atoms with E-state index in [1.165, 1.54) is 0 Å². The zero-order valence-corrected chi connectivity index (χ0v) is 9.47. The van der Waals surface area contributed by atoms with Crippen LogP contribution in [0, 0.1) is 0 Å². The largest absolute Gasteiger partial charge is 1.00 e. The first kappa shape index (κ1) is 13.2. The minimum Gasteiger partial charge on any atom is -1.00 e. The molecule has 14 heavy (non-hydrogen) atoms. The molecule has 0 radical (unpaired) electrons. The Kier molecular flexibility index (Phi) is 6.21. The van der Waals surface area contributed by atoms with Gasteiger partial charge in [-0.25, -0.2) is 4.98 Å². The molecule has 1 rings (SSSR count). The molecule has 1 aromatic heterocycles. The second-order valence-corrected chi connectivity index (χ2v) is 3.18. The highest BCUT2D eigenvalue weighted by atomic mass is 35.5. The lowest BCUT2D eigenvalue weighted by atomic mass is 10.2. The van der Waals surface area contributed by atoms with Crippen LogP contribution in [-0.4, -0.2) is 4.98 Å². The fourth-order valence-electron chi connectivity index (χ4n) is 1.45. The summed E-state index contributed by atoms with van der Waals surface area (Å²) in [5, 5.41) is 0. The van der Waals surface area contributed by atoms with Crippen LogP contribution in [0.15, 0.2) is 17.1 Å². The maximum Gasteiger partial charge on any atom is 0.495 e. The Hall–Kier alpha value is -0.830. The van der Waals surface area contributed by atoms with Gasteiger partial charge in [0.15, 0.2) is 0 Å². The summed E-state index contributed by atoms with van der Waals surface area (Å²) in [6.07, 6.45) is 4.77. The quantitative estimate of drug-likeness (QED) is 0.583. The lowest BCUT2D eigenvalue weighted by Gasteiger charge is -2.02. The van der Waals surface area contributed by atoms with E-state index in [0.29, 0.717) is 0 Å². The van der Waals surface area contributed by atoms with Gasteiger partial charge in [0.05, 0.1) is 12.7 Å². The maximum absolute atomic E-state index is 11.4. The molecule has 0 aliphatic rings. The summed E-state index contributed by atoms with van der Waals surface area (Å²) in [7, 11) is 0. The molecule has 80 valence electrons. The number of nitrogens with zero attached hydrogens (tertiary/aromatic N) is 1. The highest BCUT2D eigenvalue weighted by Gasteiger charge is 2.08. The van der Waals surface area contributed by atoms with Gasteiger partial charge in [0.2, 0.25) is 0 Å². The van der Waals surface area contributed by atoms with Crippen LogP contribution in [0.5, 0.6) is 0 Å². The van der Waals surface area contributed by atoms with E-state index in [2.05, 4.69) is 18.8 Å². The molecule has 1 heterocycles. The van der Waals surface area contributed by atoms with Crippen LogP contribution in [0.2, 0.25) is 0 Å². The number of hydrogen-bond acceptors (Lipinski definition) is 1. The van der Waals surface area contributed by atoms with Gasteiger partial charge in [-0.3, -0.25) is 0 Å². The molecule has 0 atom stereocenters. The molecular formula is C10H17ClN2O. The predicted molar refractivity (Wildman–Crippen MR) is 51.5 cm³/mol. The van der Waals surface area contributed by atoms with Crippen LogP contribution in [0.1, 0.15) is 32.4 Å². The van der Waals surface area contributed by atoms with Gasteiger partial charge in [0.1, 0.15) is 5.69 Å². The van der Waals surface area contributed by atoms with Gasteiger partial charge in [-0.05, 0) is 12.8 Å². The van der Waals surface area contributed by atoms with E-state index in [1.54, 1.807) is 6.20 Å². The van der Waals surface area contributed by atoms with Crippen LogP contribution in [0.4, 0.5) is 0 Å². The molecule has 0 aliphatic heterocycles. The molecular weight excluding hydrogens is 200 g/mol.